The van der Waals surface area contributed by atoms with Crippen LogP contribution in [0.1, 0.15) is 21.7 Å². The van der Waals surface area contributed by atoms with Gasteiger partial charge < -0.3 is 19.6 Å². The number of halogens is 2. The predicted molar refractivity (Wildman–Crippen MR) is 77.1 cm³/mol. The zero-order chi connectivity index (χ0) is 17.4. The second-order valence-electron chi connectivity index (χ2n) is 5.94. The number of ether oxygens (including phenoxy) is 1. The molecule has 0 saturated heterocycles. The Balaban J connectivity index is 1.90. The average Bonchev–Trinajstić information content (AvgIpc) is 2.82. The first-order chi connectivity index (χ1) is 11.4. The first-order valence-corrected chi connectivity index (χ1v) is 7.58. The van der Waals surface area contributed by atoms with Gasteiger partial charge in [-0.3, -0.25) is 9.48 Å². The van der Waals surface area contributed by atoms with Crippen LogP contribution in [0.5, 0.6) is 0 Å². The molecule has 3 heterocycles. The Morgan fingerprint density at radius 3 is 2.88 bits per heavy atom. The van der Waals surface area contributed by atoms with Crippen LogP contribution in [-0.2, 0) is 24.2 Å². The van der Waals surface area contributed by atoms with E-state index >= 15 is 0 Å². The van der Waals surface area contributed by atoms with Crippen molar-refractivity contribution in [2.24, 2.45) is 0 Å². The number of carbonyl (C=O) groups is 2. The molecule has 0 unspecified atom stereocenters. The number of fused-ring (bicyclic) bond motifs is 3. The SMILES string of the molecule is CN1C[C@@H](OCC(F)F)Cn2nc3c(c2C1=O)CN(C(=O)O)CC3. The van der Waals surface area contributed by atoms with Gasteiger partial charge in [0, 0.05) is 32.1 Å². The van der Waals surface area contributed by atoms with E-state index in [-0.39, 0.29) is 25.5 Å². The van der Waals surface area contributed by atoms with Gasteiger partial charge in [0.1, 0.15) is 12.3 Å². The summed E-state index contributed by atoms with van der Waals surface area (Å²) in [5, 5.41) is 13.5. The maximum absolute atomic E-state index is 12.6. The van der Waals surface area contributed by atoms with Gasteiger partial charge in [-0.2, -0.15) is 5.10 Å². The fraction of sp³-hybridized carbons (Fsp3) is 0.643. The monoisotopic (exact) mass is 344 g/mol. The standard InChI is InChI=1S/C14H18F2N4O4/c1-18-4-8(24-7-11(15)16)5-20-12(13(18)21)9-6-19(14(22)23)3-2-10(9)17-20/h8,11H,2-7H2,1H3,(H,22,23)/t8-/m1/s1. The van der Waals surface area contributed by atoms with Crippen molar-refractivity contribution in [3.8, 4) is 0 Å². The second kappa shape index (κ2) is 6.34. The molecule has 0 aliphatic carbocycles. The van der Waals surface area contributed by atoms with E-state index in [1.54, 1.807) is 7.05 Å². The van der Waals surface area contributed by atoms with Crippen LogP contribution >= 0.6 is 0 Å². The van der Waals surface area contributed by atoms with Crippen LogP contribution < -0.4 is 0 Å². The molecule has 1 atom stereocenters. The summed E-state index contributed by atoms with van der Waals surface area (Å²) in [6.07, 6.45) is -3.80. The average molecular weight is 344 g/mol. The molecule has 0 saturated carbocycles. The van der Waals surface area contributed by atoms with Gasteiger partial charge in [0.05, 0.1) is 24.9 Å². The van der Waals surface area contributed by atoms with Crippen molar-refractivity contribution in [2.45, 2.75) is 32.0 Å². The molecule has 0 bridgehead atoms. The smallest absolute Gasteiger partial charge is 0.407 e. The van der Waals surface area contributed by atoms with Crippen molar-refractivity contribution in [2.75, 3.05) is 26.7 Å². The third-order valence-electron chi connectivity index (χ3n) is 4.23. The molecule has 3 rings (SSSR count). The van der Waals surface area contributed by atoms with Gasteiger partial charge >= 0.3 is 6.09 Å². The number of alkyl halides is 2. The van der Waals surface area contributed by atoms with Crippen LogP contribution in [0.3, 0.4) is 0 Å². The van der Waals surface area contributed by atoms with E-state index in [0.717, 1.165) is 0 Å². The van der Waals surface area contributed by atoms with E-state index in [0.29, 0.717) is 29.9 Å². The normalized spacial score (nSPS) is 20.8. The highest BCUT2D eigenvalue weighted by atomic mass is 19.3. The van der Waals surface area contributed by atoms with Crippen molar-refractivity contribution in [1.29, 1.82) is 0 Å². The first-order valence-electron chi connectivity index (χ1n) is 7.58. The molecular weight excluding hydrogens is 326 g/mol. The van der Waals surface area contributed by atoms with Gasteiger partial charge in [-0.25, -0.2) is 13.6 Å². The van der Waals surface area contributed by atoms with Crippen molar-refractivity contribution < 1.29 is 28.2 Å². The van der Waals surface area contributed by atoms with Crippen molar-refractivity contribution in [3.05, 3.63) is 17.0 Å². The lowest BCUT2D eigenvalue weighted by molar-refractivity contribution is -0.0362. The molecule has 1 aromatic heterocycles. The Morgan fingerprint density at radius 2 is 2.21 bits per heavy atom. The van der Waals surface area contributed by atoms with Crippen LogP contribution in [0.25, 0.3) is 0 Å². The number of carboxylic acid groups (broad SMARTS) is 1. The molecule has 1 N–H and O–H groups in total. The maximum Gasteiger partial charge on any atom is 0.407 e. The second-order valence-corrected chi connectivity index (χ2v) is 5.94. The molecule has 0 spiro atoms. The van der Waals surface area contributed by atoms with Crippen molar-refractivity contribution in [1.82, 2.24) is 19.6 Å². The summed E-state index contributed by atoms with van der Waals surface area (Å²) in [4.78, 5) is 26.4. The minimum atomic E-state index is -2.58. The lowest BCUT2D eigenvalue weighted by Crippen LogP contribution is -2.37. The minimum absolute atomic E-state index is 0.0993. The molecule has 24 heavy (non-hydrogen) atoms. The molecule has 0 fully saturated rings. The summed E-state index contributed by atoms with van der Waals surface area (Å²) in [6, 6.07) is 0. The van der Waals surface area contributed by atoms with Gasteiger partial charge in [0.25, 0.3) is 12.3 Å². The van der Waals surface area contributed by atoms with Gasteiger partial charge in [-0.1, -0.05) is 0 Å². The van der Waals surface area contributed by atoms with Crippen molar-refractivity contribution in [3.63, 3.8) is 0 Å². The third kappa shape index (κ3) is 3.05. The number of rotatable bonds is 3. The number of aromatic nitrogens is 2. The lowest BCUT2D eigenvalue weighted by Gasteiger charge is -2.24. The molecule has 0 aromatic carbocycles. The number of nitrogens with zero attached hydrogens (tertiary/aromatic N) is 4. The highest BCUT2D eigenvalue weighted by molar-refractivity contribution is 5.94. The fourth-order valence-electron chi connectivity index (χ4n) is 3.10. The third-order valence-corrected chi connectivity index (χ3v) is 4.23. The highest BCUT2D eigenvalue weighted by Gasteiger charge is 2.35. The quantitative estimate of drug-likeness (QED) is 0.870. The van der Waals surface area contributed by atoms with Gasteiger partial charge in [0.2, 0.25) is 0 Å². The Hall–Kier alpha value is -2.23. The Bertz CT molecular complexity index is 663. The largest absolute Gasteiger partial charge is 0.465 e. The molecule has 2 amide bonds. The van der Waals surface area contributed by atoms with Crippen LogP contribution in [0.4, 0.5) is 13.6 Å². The summed E-state index contributed by atoms with van der Waals surface area (Å²) in [5.74, 6) is -0.306. The summed E-state index contributed by atoms with van der Waals surface area (Å²) < 4.78 is 31.4. The molecule has 0 radical (unpaired) electrons. The lowest BCUT2D eigenvalue weighted by atomic mass is 10.1. The van der Waals surface area contributed by atoms with E-state index in [1.807, 2.05) is 0 Å². The van der Waals surface area contributed by atoms with Gasteiger partial charge in [0.15, 0.2) is 0 Å². The molecule has 2 aliphatic rings. The van der Waals surface area contributed by atoms with E-state index in [9.17, 15) is 18.4 Å². The van der Waals surface area contributed by atoms with Crippen LogP contribution in [0.15, 0.2) is 0 Å². The molecular formula is C14H18F2N4O4. The summed E-state index contributed by atoms with van der Waals surface area (Å²) in [6.45, 7) is 0.0661. The zero-order valence-electron chi connectivity index (χ0n) is 13.1. The van der Waals surface area contributed by atoms with Crippen LogP contribution in [0, 0.1) is 0 Å². The summed E-state index contributed by atoms with van der Waals surface area (Å²) in [5.41, 5.74) is 1.59. The zero-order valence-corrected chi connectivity index (χ0v) is 13.1. The number of likely N-dealkylation sites (N-methyl/N-ethyl adjacent to an activating group) is 1. The Labute approximate surface area is 136 Å². The minimum Gasteiger partial charge on any atom is -0.465 e. The van der Waals surface area contributed by atoms with E-state index < -0.39 is 25.2 Å². The van der Waals surface area contributed by atoms with E-state index in [2.05, 4.69) is 5.10 Å². The van der Waals surface area contributed by atoms with Gasteiger partial charge in [-0.05, 0) is 0 Å². The van der Waals surface area contributed by atoms with Crippen molar-refractivity contribution >= 4 is 12.0 Å². The van der Waals surface area contributed by atoms with Crippen LogP contribution in [-0.4, -0.2) is 76.0 Å². The first kappa shape index (κ1) is 16.6. The molecule has 132 valence electrons. The topological polar surface area (TPSA) is 87.9 Å². The highest BCUT2D eigenvalue weighted by Crippen LogP contribution is 2.26. The number of amides is 2. The van der Waals surface area contributed by atoms with Gasteiger partial charge in [-0.15, -0.1) is 0 Å². The fourth-order valence-corrected chi connectivity index (χ4v) is 3.10. The predicted octanol–water partition coefficient (Wildman–Crippen LogP) is 0.655. The van der Waals surface area contributed by atoms with E-state index in [4.69, 9.17) is 9.84 Å². The number of carbonyl (C=O) groups excluding carboxylic acids is 1. The number of hydrogen-bond donors (Lipinski definition) is 1. The Morgan fingerprint density at radius 1 is 1.46 bits per heavy atom. The van der Waals surface area contributed by atoms with Crippen LogP contribution in [0.2, 0.25) is 0 Å². The number of hydrogen-bond acceptors (Lipinski definition) is 4. The van der Waals surface area contributed by atoms with E-state index in [1.165, 1.54) is 14.5 Å². The molecule has 10 heteroatoms. The Kier molecular flexibility index (Phi) is 4.39. The molecule has 1 aromatic rings. The molecule has 8 nitrogen and oxygen atoms in total. The molecule has 2 aliphatic heterocycles. The maximum atomic E-state index is 12.6. The summed E-state index contributed by atoms with van der Waals surface area (Å²) >= 11 is 0. The summed E-state index contributed by atoms with van der Waals surface area (Å²) in [7, 11) is 1.56.